The molecule has 0 radical (unpaired) electrons. The molecule has 0 amide bonds. The van der Waals surface area contributed by atoms with E-state index in [-0.39, 0.29) is 12.1 Å². The van der Waals surface area contributed by atoms with E-state index in [4.69, 9.17) is 9.47 Å². The smallest absolute Gasteiger partial charge is 0.162 e. The number of benzene rings is 2. The maximum atomic E-state index is 5.85. The van der Waals surface area contributed by atoms with Crippen LogP contribution in [0.4, 0.5) is 0 Å². The van der Waals surface area contributed by atoms with E-state index in [0.29, 0.717) is 6.61 Å². The van der Waals surface area contributed by atoms with E-state index >= 15 is 0 Å². The monoisotopic (exact) mass is 391 g/mol. The second kappa shape index (κ2) is 9.09. The van der Waals surface area contributed by atoms with Crippen LogP contribution in [0.5, 0.6) is 11.5 Å². The SMILES string of the molecule is CCOc1cc(CNC(C)c2ccccc2)c(Br)cc1OC(C)C. The zero-order valence-electron chi connectivity index (χ0n) is 14.8. The molecule has 1 atom stereocenters. The summed E-state index contributed by atoms with van der Waals surface area (Å²) in [6, 6.07) is 14.8. The number of hydrogen-bond donors (Lipinski definition) is 1. The number of hydrogen-bond acceptors (Lipinski definition) is 3. The molecule has 2 aromatic carbocycles. The van der Waals surface area contributed by atoms with Crippen LogP contribution in [0.15, 0.2) is 46.9 Å². The van der Waals surface area contributed by atoms with Gasteiger partial charge in [-0.25, -0.2) is 0 Å². The van der Waals surface area contributed by atoms with Gasteiger partial charge in [-0.3, -0.25) is 0 Å². The normalized spacial score (nSPS) is 12.2. The Kier molecular flexibility index (Phi) is 7.13. The molecule has 0 spiro atoms. The fraction of sp³-hybridized carbons (Fsp3) is 0.400. The highest BCUT2D eigenvalue weighted by Gasteiger charge is 2.13. The van der Waals surface area contributed by atoms with Gasteiger partial charge in [0, 0.05) is 17.1 Å². The second-order valence-electron chi connectivity index (χ2n) is 6.00. The Bertz CT molecular complexity index is 644. The highest BCUT2D eigenvalue weighted by atomic mass is 79.9. The molecule has 0 aliphatic heterocycles. The first-order chi connectivity index (χ1) is 11.5. The Hall–Kier alpha value is -1.52. The van der Waals surface area contributed by atoms with Gasteiger partial charge in [-0.05, 0) is 51.0 Å². The predicted octanol–water partition coefficient (Wildman–Crippen LogP) is 5.49. The Morgan fingerprint density at radius 1 is 1.04 bits per heavy atom. The first kappa shape index (κ1) is 18.8. The van der Waals surface area contributed by atoms with E-state index in [0.717, 1.165) is 28.1 Å². The van der Waals surface area contributed by atoms with Gasteiger partial charge in [-0.15, -0.1) is 0 Å². The standard InChI is InChI=1S/C20H26BrNO2/c1-5-23-19-11-17(18(21)12-20(19)24-14(2)3)13-22-15(4)16-9-7-6-8-10-16/h6-12,14-15,22H,5,13H2,1-4H3. The first-order valence-corrected chi connectivity index (χ1v) is 9.20. The highest BCUT2D eigenvalue weighted by molar-refractivity contribution is 9.10. The van der Waals surface area contributed by atoms with E-state index in [1.807, 2.05) is 32.9 Å². The van der Waals surface area contributed by atoms with E-state index in [1.165, 1.54) is 5.56 Å². The van der Waals surface area contributed by atoms with Crippen LogP contribution in [0.2, 0.25) is 0 Å². The van der Waals surface area contributed by atoms with Crippen molar-refractivity contribution >= 4 is 15.9 Å². The van der Waals surface area contributed by atoms with Gasteiger partial charge in [0.15, 0.2) is 11.5 Å². The zero-order chi connectivity index (χ0) is 17.5. The Morgan fingerprint density at radius 3 is 2.38 bits per heavy atom. The summed E-state index contributed by atoms with van der Waals surface area (Å²) in [7, 11) is 0. The Balaban J connectivity index is 2.13. The van der Waals surface area contributed by atoms with Crippen molar-refractivity contribution in [3.8, 4) is 11.5 Å². The van der Waals surface area contributed by atoms with Crippen LogP contribution >= 0.6 is 15.9 Å². The van der Waals surface area contributed by atoms with Gasteiger partial charge in [0.25, 0.3) is 0 Å². The predicted molar refractivity (Wildman–Crippen MR) is 103 cm³/mol. The van der Waals surface area contributed by atoms with E-state index in [1.54, 1.807) is 0 Å². The second-order valence-corrected chi connectivity index (χ2v) is 6.86. The van der Waals surface area contributed by atoms with Gasteiger partial charge in [0.05, 0.1) is 12.7 Å². The third-order valence-electron chi connectivity index (χ3n) is 3.67. The maximum Gasteiger partial charge on any atom is 0.162 e. The molecule has 4 heteroatoms. The first-order valence-electron chi connectivity index (χ1n) is 8.41. The van der Waals surface area contributed by atoms with Gasteiger partial charge < -0.3 is 14.8 Å². The van der Waals surface area contributed by atoms with Crippen molar-refractivity contribution < 1.29 is 9.47 Å². The summed E-state index contributed by atoms with van der Waals surface area (Å²) < 4.78 is 12.6. The third kappa shape index (κ3) is 5.25. The van der Waals surface area contributed by atoms with Gasteiger partial charge in [0.2, 0.25) is 0 Å². The van der Waals surface area contributed by atoms with Crippen LogP contribution in [-0.2, 0) is 6.54 Å². The number of nitrogens with one attached hydrogen (secondary N) is 1. The average molecular weight is 392 g/mol. The molecular weight excluding hydrogens is 366 g/mol. The summed E-state index contributed by atoms with van der Waals surface area (Å²) in [6.45, 7) is 9.54. The number of ether oxygens (including phenoxy) is 2. The molecule has 3 nitrogen and oxygen atoms in total. The van der Waals surface area contributed by atoms with Crippen LogP contribution in [0, 0.1) is 0 Å². The molecule has 24 heavy (non-hydrogen) atoms. The van der Waals surface area contributed by atoms with E-state index in [2.05, 4.69) is 58.5 Å². The summed E-state index contributed by atoms with van der Waals surface area (Å²) in [6.07, 6.45) is 0.109. The summed E-state index contributed by atoms with van der Waals surface area (Å²) >= 11 is 3.65. The summed E-state index contributed by atoms with van der Waals surface area (Å²) in [5, 5.41) is 3.56. The fourth-order valence-corrected chi connectivity index (χ4v) is 2.91. The van der Waals surface area contributed by atoms with Crippen molar-refractivity contribution in [2.75, 3.05) is 6.61 Å². The van der Waals surface area contributed by atoms with Crippen molar-refractivity contribution in [1.29, 1.82) is 0 Å². The molecule has 0 saturated heterocycles. The van der Waals surface area contributed by atoms with Crippen LogP contribution in [0.1, 0.15) is 44.9 Å². The topological polar surface area (TPSA) is 30.5 Å². The minimum absolute atomic E-state index is 0.109. The average Bonchev–Trinajstić information content (AvgIpc) is 2.56. The quantitative estimate of drug-likeness (QED) is 0.645. The van der Waals surface area contributed by atoms with Crippen LogP contribution in [-0.4, -0.2) is 12.7 Å². The summed E-state index contributed by atoms with van der Waals surface area (Å²) in [5.74, 6) is 1.57. The van der Waals surface area contributed by atoms with Gasteiger partial charge in [-0.2, -0.15) is 0 Å². The maximum absolute atomic E-state index is 5.85. The number of halogens is 1. The molecule has 0 heterocycles. The molecule has 130 valence electrons. The van der Waals surface area contributed by atoms with E-state index < -0.39 is 0 Å². The lowest BCUT2D eigenvalue weighted by molar-refractivity contribution is 0.223. The summed E-state index contributed by atoms with van der Waals surface area (Å²) in [5.41, 5.74) is 2.43. The van der Waals surface area contributed by atoms with Crippen molar-refractivity contribution in [2.24, 2.45) is 0 Å². The molecule has 0 aromatic heterocycles. The molecule has 2 aromatic rings. The van der Waals surface area contributed by atoms with Crippen molar-refractivity contribution in [3.63, 3.8) is 0 Å². The lowest BCUT2D eigenvalue weighted by Gasteiger charge is -2.19. The third-order valence-corrected chi connectivity index (χ3v) is 4.41. The fourth-order valence-electron chi connectivity index (χ4n) is 2.45. The molecule has 1 unspecified atom stereocenters. The molecule has 2 rings (SSSR count). The Morgan fingerprint density at radius 2 is 1.75 bits per heavy atom. The molecule has 0 bridgehead atoms. The van der Waals surface area contributed by atoms with Crippen molar-refractivity contribution in [2.45, 2.75) is 46.4 Å². The lowest BCUT2D eigenvalue weighted by atomic mass is 10.1. The van der Waals surface area contributed by atoms with Crippen molar-refractivity contribution in [3.05, 3.63) is 58.1 Å². The van der Waals surface area contributed by atoms with Gasteiger partial charge in [-0.1, -0.05) is 46.3 Å². The highest BCUT2D eigenvalue weighted by Crippen LogP contribution is 2.34. The van der Waals surface area contributed by atoms with Gasteiger partial charge in [0.1, 0.15) is 0 Å². The number of rotatable bonds is 8. The zero-order valence-corrected chi connectivity index (χ0v) is 16.4. The molecule has 0 aliphatic carbocycles. The molecule has 0 fully saturated rings. The molecule has 1 N–H and O–H groups in total. The minimum Gasteiger partial charge on any atom is -0.490 e. The lowest BCUT2D eigenvalue weighted by Crippen LogP contribution is -2.18. The van der Waals surface area contributed by atoms with Crippen LogP contribution < -0.4 is 14.8 Å². The molecular formula is C20H26BrNO2. The molecule has 0 saturated carbocycles. The van der Waals surface area contributed by atoms with Crippen LogP contribution in [0.3, 0.4) is 0 Å². The van der Waals surface area contributed by atoms with Gasteiger partial charge >= 0.3 is 0 Å². The van der Waals surface area contributed by atoms with Crippen molar-refractivity contribution in [1.82, 2.24) is 5.32 Å². The van der Waals surface area contributed by atoms with E-state index in [9.17, 15) is 0 Å². The summed E-state index contributed by atoms with van der Waals surface area (Å²) in [4.78, 5) is 0. The largest absolute Gasteiger partial charge is 0.490 e. The minimum atomic E-state index is 0.109. The van der Waals surface area contributed by atoms with Crippen LogP contribution in [0.25, 0.3) is 0 Å². The molecule has 0 aliphatic rings. The Labute approximate surface area is 153 Å².